The first-order valence-corrected chi connectivity index (χ1v) is 11.4. The molecular weight excluding hydrogens is 505 g/mol. The summed E-state index contributed by atoms with van der Waals surface area (Å²) in [5, 5.41) is 5.04. The van der Waals surface area contributed by atoms with E-state index >= 15 is 0 Å². The Labute approximate surface area is 186 Å². The number of benzene rings is 1. The van der Waals surface area contributed by atoms with Crippen molar-refractivity contribution in [3.8, 4) is 5.88 Å². The number of thioether (sulfide) groups is 1. The lowest BCUT2D eigenvalue weighted by Crippen LogP contribution is -2.47. The predicted molar refractivity (Wildman–Crippen MR) is 118 cm³/mol. The summed E-state index contributed by atoms with van der Waals surface area (Å²) in [5.41, 5.74) is 1.51. The third-order valence-corrected chi connectivity index (χ3v) is 6.00. The van der Waals surface area contributed by atoms with Crippen molar-refractivity contribution in [2.75, 3.05) is 32.6 Å². The second-order valence-corrected chi connectivity index (χ2v) is 8.52. The van der Waals surface area contributed by atoms with Gasteiger partial charge in [-0.15, -0.1) is 5.10 Å². The van der Waals surface area contributed by atoms with Gasteiger partial charge in [0.2, 0.25) is 11.0 Å². The van der Waals surface area contributed by atoms with Gasteiger partial charge in [-0.2, -0.15) is 9.50 Å². The molecular formula is C19H20IN5O3S. The van der Waals surface area contributed by atoms with Gasteiger partial charge >= 0.3 is 0 Å². The fraction of sp³-hybridized carbons (Fsp3) is 0.368. The molecule has 8 nitrogen and oxygen atoms in total. The van der Waals surface area contributed by atoms with Crippen molar-refractivity contribution in [1.29, 1.82) is 0 Å². The van der Waals surface area contributed by atoms with E-state index in [0.717, 1.165) is 9.26 Å². The van der Waals surface area contributed by atoms with E-state index < -0.39 is 0 Å². The molecule has 2 aromatic heterocycles. The number of halogens is 1. The number of carbonyl (C=O) groups excluding carboxylic acids is 1. The summed E-state index contributed by atoms with van der Waals surface area (Å²) in [6, 6.07) is 9.43. The number of aromatic nitrogens is 4. The van der Waals surface area contributed by atoms with Crippen LogP contribution in [0, 0.1) is 10.5 Å². The highest BCUT2D eigenvalue weighted by atomic mass is 127. The van der Waals surface area contributed by atoms with Crippen molar-refractivity contribution in [1.82, 2.24) is 24.5 Å². The molecule has 1 unspecified atom stereocenters. The maximum Gasteiger partial charge on any atom is 0.256 e. The molecule has 0 spiro atoms. The molecule has 0 radical (unpaired) electrons. The van der Waals surface area contributed by atoms with Gasteiger partial charge in [0, 0.05) is 21.9 Å². The lowest BCUT2D eigenvalue weighted by atomic mass is 10.2. The molecule has 10 heteroatoms. The van der Waals surface area contributed by atoms with Crippen molar-refractivity contribution >= 4 is 46.0 Å². The summed E-state index contributed by atoms with van der Waals surface area (Å²) >= 11 is 3.64. The molecule has 1 aliphatic rings. The molecule has 1 aromatic carbocycles. The standard InChI is InChI=1S/C19H20IN5O3S/c1-12-9-16(25-18(21-12)22-19(23-25)29-2)28-11-13-10-24(7-8-27-13)17(26)14-5-3-4-6-15(14)20/h3-6,9,13H,7-8,10-11H2,1-2H3. The summed E-state index contributed by atoms with van der Waals surface area (Å²) in [6.07, 6.45) is 1.69. The van der Waals surface area contributed by atoms with Crippen LogP contribution in [0.1, 0.15) is 16.1 Å². The molecule has 29 heavy (non-hydrogen) atoms. The first-order chi connectivity index (χ1) is 14.0. The molecule has 0 aliphatic carbocycles. The van der Waals surface area contributed by atoms with Crippen LogP contribution in [0.4, 0.5) is 0 Å². The topological polar surface area (TPSA) is 81.9 Å². The molecule has 0 saturated carbocycles. The second kappa shape index (κ2) is 8.84. The van der Waals surface area contributed by atoms with Crippen LogP contribution in [-0.4, -0.2) is 69.1 Å². The number of aryl methyl sites for hydroxylation is 1. The molecule has 152 valence electrons. The summed E-state index contributed by atoms with van der Waals surface area (Å²) in [5.74, 6) is 1.08. The highest BCUT2D eigenvalue weighted by Gasteiger charge is 2.27. The Kier molecular flexibility index (Phi) is 6.20. The third kappa shape index (κ3) is 4.48. The normalized spacial score (nSPS) is 16.9. The molecule has 0 bridgehead atoms. The van der Waals surface area contributed by atoms with E-state index in [0.29, 0.717) is 48.7 Å². The molecule has 1 amide bonds. The van der Waals surface area contributed by atoms with Crippen LogP contribution in [-0.2, 0) is 4.74 Å². The van der Waals surface area contributed by atoms with Crippen LogP contribution in [0.15, 0.2) is 35.5 Å². The number of amides is 1. The first-order valence-electron chi connectivity index (χ1n) is 9.12. The van der Waals surface area contributed by atoms with E-state index in [-0.39, 0.29) is 12.0 Å². The van der Waals surface area contributed by atoms with Crippen molar-refractivity contribution in [2.45, 2.75) is 18.2 Å². The van der Waals surface area contributed by atoms with Crippen LogP contribution in [0.2, 0.25) is 0 Å². The summed E-state index contributed by atoms with van der Waals surface area (Å²) in [7, 11) is 0. The zero-order chi connectivity index (χ0) is 20.4. The number of ether oxygens (including phenoxy) is 2. The summed E-state index contributed by atoms with van der Waals surface area (Å²) in [6.45, 7) is 3.72. The minimum atomic E-state index is -0.221. The Morgan fingerprint density at radius 3 is 3.00 bits per heavy atom. The van der Waals surface area contributed by atoms with Gasteiger partial charge in [0.15, 0.2) is 0 Å². The average Bonchev–Trinajstić information content (AvgIpc) is 3.15. The van der Waals surface area contributed by atoms with Gasteiger partial charge in [-0.05, 0) is 47.9 Å². The van der Waals surface area contributed by atoms with Crippen LogP contribution < -0.4 is 4.74 Å². The quantitative estimate of drug-likeness (QED) is 0.374. The monoisotopic (exact) mass is 525 g/mol. The smallest absolute Gasteiger partial charge is 0.256 e. The number of fused-ring (bicyclic) bond motifs is 1. The number of hydrogen-bond donors (Lipinski definition) is 0. The van der Waals surface area contributed by atoms with Gasteiger partial charge in [0.05, 0.1) is 18.7 Å². The van der Waals surface area contributed by atoms with Crippen molar-refractivity contribution in [3.05, 3.63) is 45.2 Å². The number of hydrogen-bond acceptors (Lipinski definition) is 7. The van der Waals surface area contributed by atoms with E-state index in [9.17, 15) is 4.79 Å². The maximum atomic E-state index is 12.9. The van der Waals surface area contributed by atoms with E-state index in [2.05, 4.69) is 37.7 Å². The first kappa shape index (κ1) is 20.4. The lowest BCUT2D eigenvalue weighted by molar-refractivity contribution is -0.0410. The Morgan fingerprint density at radius 1 is 1.38 bits per heavy atom. The Bertz CT molecular complexity index is 1040. The van der Waals surface area contributed by atoms with Crippen molar-refractivity contribution < 1.29 is 14.3 Å². The molecule has 3 heterocycles. The molecule has 1 saturated heterocycles. The van der Waals surface area contributed by atoms with Gasteiger partial charge in [-0.3, -0.25) is 4.79 Å². The lowest BCUT2D eigenvalue weighted by Gasteiger charge is -2.33. The van der Waals surface area contributed by atoms with Crippen molar-refractivity contribution in [3.63, 3.8) is 0 Å². The molecule has 1 aliphatic heterocycles. The van der Waals surface area contributed by atoms with Gasteiger partial charge in [-0.1, -0.05) is 23.9 Å². The fourth-order valence-corrected chi connectivity index (χ4v) is 4.07. The number of nitrogens with zero attached hydrogens (tertiary/aromatic N) is 5. The molecule has 3 aromatic rings. The van der Waals surface area contributed by atoms with Crippen LogP contribution in [0.5, 0.6) is 5.88 Å². The molecule has 1 fully saturated rings. The number of carbonyl (C=O) groups is 1. The molecule has 4 rings (SSSR count). The Hall–Kier alpha value is -1.92. The van der Waals surface area contributed by atoms with E-state index in [1.54, 1.807) is 4.52 Å². The van der Waals surface area contributed by atoms with Crippen LogP contribution in [0.25, 0.3) is 5.78 Å². The number of morpholine rings is 1. The Morgan fingerprint density at radius 2 is 2.21 bits per heavy atom. The van der Waals surface area contributed by atoms with Crippen molar-refractivity contribution in [2.24, 2.45) is 0 Å². The maximum absolute atomic E-state index is 12.9. The van der Waals surface area contributed by atoms with E-state index in [4.69, 9.17) is 9.47 Å². The van der Waals surface area contributed by atoms with E-state index in [1.807, 2.05) is 48.4 Å². The molecule has 0 N–H and O–H groups in total. The predicted octanol–water partition coefficient (Wildman–Crippen LogP) is 2.68. The van der Waals surface area contributed by atoms with Gasteiger partial charge in [0.1, 0.15) is 12.7 Å². The summed E-state index contributed by atoms with van der Waals surface area (Å²) < 4.78 is 14.4. The van der Waals surface area contributed by atoms with Gasteiger partial charge in [-0.25, -0.2) is 4.98 Å². The summed E-state index contributed by atoms with van der Waals surface area (Å²) in [4.78, 5) is 23.5. The van der Waals surface area contributed by atoms with Crippen LogP contribution >= 0.6 is 34.4 Å². The highest BCUT2D eigenvalue weighted by molar-refractivity contribution is 14.1. The van der Waals surface area contributed by atoms with Gasteiger partial charge in [0.25, 0.3) is 11.7 Å². The molecule has 1 atom stereocenters. The minimum absolute atomic E-state index is 0.0198. The Balaban J connectivity index is 1.45. The largest absolute Gasteiger partial charge is 0.475 e. The fourth-order valence-electron chi connectivity index (χ4n) is 3.11. The minimum Gasteiger partial charge on any atom is -0.475 e. The number of rotatable bonds is 5. The van der Waals surface area contributed by atoms with Crippen LogP contribution in [0.3, 0.4) is 0 Å². The SMILES string of the molecule is CSc1nc2nc(C)cc(OCC3CN(C(=O)c4ccccc4I)CCO3)n2n1. The highest BCUT2D eigenvalue weighted by Crippen LogP contribution is 2.19. The third-order valence-electron chi connectivity index (χ3n) is 4.52. The van der Waals surface area contributed by atoms with Gasteiger partial charge < -0.3 is 14.4 Å². The average molecular weight is 525 g/mol. The second-order valence-electron chi connectivity index (χ2n) is 6.58. The zero-order valence-electron chi connectivity index (χ0n) is 16.0. The van der Waals surface area contributed by atoms with E-state index in [1.165, 1.54) is 11.8 Å². The zero-order valence-corrected chi connectivity index (χ0v) is 19.0.